The number of alkyl halides is 2. The predicted octanol–water partition coefficient (Wildman–Crippen LogP) is 1.70. The summed E-state index contributed by atoms with van der Waals surface area (Å²) in [6.07, 6.45) is 0.869. The van der Waals surface area contributed by atoms with E-state index in [1.807, 2.05) is 24.3 Å². The minimum absolute atomic E-state index is 0.292. The Hall–Kier alpha value is -0.970. The fourth-order valence-corrected chi connectivity index (χ4v) is 1.75. The van der Waals surface area contributed by atoms with Crippen molar-refractivity contribution in [1.82, 2.24) is 5.01 Å². The second kappa shape index (κ2) is 8.19. The Morgan fingerprint density at radius 2 is 1.72 bits per heavy atom. The summed E-state index contributed by atoms with van der Waals surface area (Å²) >= 11 is 11.2. The highest BCUT2D eigenvalue weighted by Crippen LogP contribution is 2.07. The first kappa shape index (κ1) is 15.1. The van der Waals surface area contributed by atoms with Gasteiger partial charge in [-0.1, -0.05) is 24.3 Å². The lowest BCUT2D eigenvalue weighted by Gasteiger charge is -2.17. The number of hydrogen-bond acceptors (Lipinski definition) is 2. The highest BCUT2D eigenvalue weighted by atomic mass is 35.5. The van der Waals surface area contributed by atoms with E-state index in [0.717, 1.165) is 12.0 Å². The number of aryl methyl sites for hydroxylation is 1. The summed E-state index contributed by atoms with van der Waals surface area (Å²) in [6.45, 7) is 0.981. The summed E-state index contributed by atoms with van der Waals surface area (Å²) in [5.41, 5.74) is 7.98. The molecule has 1 aromatic carbocycles. The van der Waals surface area contributed by atoms with Crippen molar-refractivity contribution in [1.29, 1.82) is 0 Å². The van der Waals surface area contributed by atoms with Gasteiger partial charge in [-0.3, -0.25) is 10.0 Å². The molecule has 0 saturated heterocycles. The third-order valence-electron chi connectivity index (χ3n) is 2.41. The Morgan fingerprint density at radius 3 is 2.28 bits per heavy atom. The van der Waals surface area contributed by atoms with Crippen molar-refractivity contribution >= 4 is 29.2 Å². The maximum absolute atomic E-state index is 5.80. The number of rotatable bonds is 6. The fourth-order valence-electron chi connectivity index (χ4n) is 1.45. The number of guanidine groups is 1. The molecule has 18 heavy (non-hydrogen) atoms. The molecule has 0 aliphatic rings. The van der Waals surface area contributed by atoms with E-state index < -0.39 is 0 Å². The van der Waals surface area contributed by atoms with Crippen LogP contribution in [0.1, 0.15) is 11.1 Å². The zero-order chi connectivity index (χ0) is 13.4. The minimum Gasteiger partial charge on any atom is -0.369 e. The predicted molar refractivity (Wildman–Crippen MR) is 77.8 cm³/mol. The van der Waals surface area contributed by atoms with Gasteiger partial charge in [-0.25, -0.2) is 5.84 Å². The largest absolute Gasteiger partial charge is 0.369 e. The molecule has 0 bridgehead atoms. The second-order valence-corrected chi connectivity index (χ2v) is 4.57. The van der Waals surface area contributed by atoms with E-state index in [2.05, 4.69) is 4.99 Å². The van der Waals surface area contributed by atoms with Crippen molar-refractivity contribution in [2.75, 3.05) is 18.3 Å². The van der Waals surface area contributed by atoms with Gasteiger partial charge in [0.2, 0.25) is 5.96 Å². The maximum atomic E-state index is 5.80. The van der Waals surface area contributed by atoms with Crippen LogP contribution in [0.2, 0.25) is 0 Å². The van der Waals surface area contributed by atoms with Gasteiger partial charge >= 0.3 is 0 Å². The summed E-state index contributed by atoms with van der Waals surface area (Å²) in [5, 5.41) is 1.41. The third kappa shape index (κ3) is 5.12. The van der Waals surface area contributed by atoms with Crippen molar-refractivity contribution in [3.8, 4) is 0 Å². The lowest BCUT2D eigenvalue weighted by Crippen LogP contribution is -2.42. The van der Waals surface area contributed by atoms with E-state index in [1.54, 1.807) is 0 Å². The van der Waals surface area contributed by atoms with Gasteiger partial charge in [0.1, 0.15) is 0 Å². The van der Waals surface area contributed by atoms with Crippen molar-refractivity contribution in [2.24, 2.45) is 16.6 Å². The lowest BCUT2D eigenvalue weighted by atomic mass is 10.1. The molecule has 0 aliphatic carbocycles. The summed E-state index contributed by atoms with van der Waals surface area (Å²) in [5.74, 6) is 7.15. The van der Waals surface area contributed by atoms with Crippen LogP contribution in [0.5, 0.6) is 0 Å². The molecule has 4 nitrogen and oxygen atoms in total. The molecule has 0 atom stereocenters. The summed E-state index contributed by atoms with van der Waals surface area (Å²) in [7, 11) is 0. The van der Waals surface area contributed by atoms with E-state index in [9.17, 15) is 0 Å². The van der Waals surface area contributed by atoms with Crippen LogP contribution >= 0.6 is 23.2 Å². The molecule has 1 rings (SSSR count). The number of aliphatic imine (C=N–C) groups is 1. The molecule has 1 aromatic rings. The van der Waals surface area contributed by atoms with Crippen molar-refractivity contribution in [3.63, 3.8) is 0 Å². The van der Waals surface area contributed by atoms with Gasteiger partial charge in [0.05, 0.1) is 13.1 Å². The van der Waals surface area contributed by atoms with Crippen LogP contribution in [-0.2, 0) is 13.0 Å². The number of nitrogens with two attached hydrogens (primary N) is 2. The number of benzene rings is 1. The maximum Gasteiger partial charge on any atom is 0.206 e. The topological polar surface area (TPSA) is 67.6 Å². The third-order valence-corrected chi connectivity index (χ3v) is 2.77. The van der Waals surface area contributed by atoms with Gasteiger partial charge in [0, 0.05) is 11.8 Å². The number of hydrogen-bond donors (Lipinski definition) is 2. The number of halogens is 2. The molecule has 0 amide bonds. The highest BCUT2D eigenvalue weighted by Gasteiger charge is 2.03. The van der Waals surface area contributed by atoms with Crippen LogP contribution in [0.3, 0.4) is 0 Å². The quantitative estimate of drug-likeness (QED) is 0.275. The van der Waals surface area contributed by atoms with E-state index in [0.29, 0.717) is 30.8 Å². The van der Waals surface area contributed by atoms with Crippen molar-refractivity contribution in [3.05, 3.63) is 35.4 Å². The van der Waals surface area contributed by atoms with Gasteiger partial charge < -0.3 is 5.73 Å². The molecule has 100 valence electrons. The van der Waals surface area contributed by atoms with Crippen LogP contribution in [-0.4, -0.2) is 29.3 Å². The zero-order valence-corrected chi connectivity index (χ0v) is 11.7. The molecule has 0 aromatic heterocycles. The first-order valence-corrected chi connectivity index (χ1v) is 6.76. The van der Waals surface area contributed by atoms with E-state index in [1.165, 1.54) is 10.6 Å². The molecular weight excluding hydrogens is 271 g/mol. The first-order chi connectivity index (χ1) is 8.67. The van der Waals surface area contributed by atoms with Gasteiger partial charge in [0.15, 0.2) is 0 Å². The van der Waals surface area contributed by atoms with Crippen LogP contribution in [0.15, 0.2) is 29.3 Å². The number of nitrogens with zero attached hydrogens (tertiary/aromatic N) is 2. The van der Waals surface area contributed by atoms with Gasteiger partial charge in [-0.2, -0.15) is 0 Å². The highest BCUT2D eigenvalue weighted by molar-refractivity contribution is 6.18. The average molecular weight is 289 g/mol. The van der Waals surface area contributed by atoms with Crippen molar-refractivity contribution in [2.45, 2.75) is 13.0 Å². The van der Waals surface area contributed by atoms with Gasteiger partial charge in [-0.05, 0) is 17.5 Å². The summed E-state index contributed by atoms with van der Waals surface area (Å²) < 4.78 is 0. The molecule has 0 unspecified atom stereocenters. The Bertz CT molecular complexity index is 378. The molecule has 6 heteroatoms. The van der Waals surface area contributed by atoms with Gasteiger partial charge in [-0.15, -0.1) is 23.2 Å². The monoisotopic (exact) mass is 288 g/mol. The minimum atomic E-state index is 0.292. The summed E-state index contributed by atoms with van der Waals surface area (Å²) in [6, 6.07) is 8.10. The first-order valence-electron chi connectivity index (χ1n) is 5.69. The lowest BCUT2D eigenvalue weighted by molar-refractivity contribution is 0.427. The SMILES string of the molecule is NC(=NCCCl)N(N)Cc1ccc(CCCl)cc1. The molecule has 0 fully saturated rings. The standard InChI is InChI=1S/C12H18Cl2N4/c13-6-5-10-1-3-11(4-2-10)9-18(16)12(15)17-8-7-14/h1-4H,5-9,16H2,(H2,15,17). The summed E-state index contributed by atoms with van der Waals surface area (Å²) in [4.78, 5) is 4.03. The molecular formula is C12H18Cl2N4. The molecule has 4 N–H and O–H groups in total. The molecule has 0 aliphatic heterocycles. The smallest absolute Gasteiger partial charge is 0.206 e. The normalized spacial score (nSPS) is 11.6. The fraction of sp³-hybridized carbons (Fsp3) is 0.417. The Kier molecular flexibility index (Phi) is 6.86. The van der Waals surface area contributed by atoms with Crippen LogP contribution in [0, 0.1) is 0 Å². The van der Waals surface area contributed by atoms with Gasteiger partial charge in [0.25, 0.3) is 0 Å². The Balaban J connectivity index is 2.56. The average Bonchev–Trinajstić information content (AvgIpc) is 2.38. The Labute approximate surface area is 118 Å². The molecule has 0 spiro atoms. The second-order valence-electron chi connectivity index (χ2n) is 3.81. The van der Waals surface area contributed by atoms with E-state index in [-0.39, 0.29) is 0 Å². The van der Waals surface area contributed by atoms with E-state index >= 15 is 0 Å². The zero-order valence-electron chi connectivity index (χ0n) is 10.1. The van der Waals surface area contributed by atoms with Crippen molar-refractivity contribution < 1.29 is 0 Å². The van der Waals surface area contributed by atoms with E-state index in [4.69, 9.17) is 34.8 Å². The van der Waals surface area contributed by atoms with Crippen LogP contribution in [0.4, 0.5) is 0 Å². The molecule has 0 heterocycles. The van der Waals surface area contributed by atoms with Crippen LogP contribution < -0.4 is 11.6 Å². The van der Waals surface area contributed by atoms with Crippen LogP contribution in [0.25, 0.3) is 0 Å². The number of hydrazine groups is 1. The molecule has 0 saturated carbocycles. The molecule has 0 radical (unpaired) electrons. The Morgan fingerprint density at radius 1 is 1.11 bits per heavy atom.